The maximum Gasteiger partial charge on any atom is 0.169 e. The van der Waals surface area contributed by atoms with Crippen LogP contribution in [0.15, 0.2) is 36.5 Å². The topological polar surface area (TPSA) is 62.0 Å². The summed E-state index contributed by atoms with van der Waals surface area (Å²) in [5.74, 6) is 1.51. The van der Waals surface area contributed by atoms with Crippen molar-refractivity contribution in [2.45, 2.75) is 6.54 Å². The summed E-state index contributed by atoms with van der Waals surface area (Å²) in [5.41, 5.74) is 1.63. The Balaban J connectivity index is 1.97. The molecule has 0 radical (unpaired) electrons. The summed E-state index contributed by atoms with van der Waals surface area (Å²) in [6, 6.07) is 11.8. The molecule has 19 heavy (non-hydrogen) atoms. The standard InChI is InChI=1S/C14H12N4O/c15-9-11-5-6-16-17-14(11)18-7-8-19-13-4-2-1-3-12(13)10-18/h1-6H,7-8,10H2. The molecule has 2 heterocycles. The molecule has 1 aliphatic heterocycles. The molecule has 0 aliphatic carbocycles. The molecular formula is C14H12N4O. The predicted molar refractivity (Wildman–Crippen MR) is 69.7 cm³/mol. The molecule has 1 aromatic carbocycles. The van der Waals surface area contributed by atoms with E-state index in [9.17, 15) is 0 Å². The quantitative estimate of drug-likeness (QED) is 0.773. The fraction of sp³-hybridized carbons (Fsp3) is 0.214. The molecule has 0 spiro atoms. The van der Waals surface area contributed by atoms with E-state index in [4.69, 9.17) is 10.00 Å². The summed E-state index contributed by atoms with van der Waals surface area (Å²) in [4.78, 5) is 2.03. The second kappa shape index (κ2) is 4.94. The lowest BCUT2D eigenvalue weighted by Crippen LogP contribution is -2.27. The van der Waals surface area contributed by atoms with Crippen LogP contribution < -0.4 is 9.64 Å². The van der Waals surface area contributed by atoms with Gasteiger partial charge in [-0.2, -0.15) is 10.4 Å². The van der Waals surface area contributed by atoms with Crippen molar-refractivity contribution in [3.63, 3.8) is 0 Å². The number of fused-ring (bicyclic) bond motifs is 1. The Kier molecular flexibility index (Phi) is 2.99. The van der Waals surface area contributed by atoms with Crippen LogP contribution in [0.5, 0.6) is 5.75 Å². The molecule has 2 aromatic rings. The second-order valence-electron chi connectivity index (χ2n) is 4.26. The van der Waals surface area contributed by atoms with Crippen molar-refractivity contribution in [1.82, 2.24) is 10.2 Å². The number of hydrogen-bond acceptors (Lipinski definition) is 5. The molecule has 0 amide bonds. The molecule has 0 bridgehead atoms. The van der Waals surface area contributed by atoms with Gasteiger partial charge in [-0.25, -0.2) is 0 Å². The summed E-state index contributed by atoms with van der Waals surface area (Å²) in [5, 5.41) is 17.1. The second-order valence-corrected chi connectivity index (χ2v) is 4.26. The number of aromatic nitrogens is 2. The molecule has 0 fully saturated rings. The van der Waals surface area contributed by atoms with Gasteiger partial charge < -0.3 is 9.64 Å². The predicted octanol–water partition coefficient (Wildman–Crippen LogP) is 1.75. The Morgan fingerprint density at radius 3 is 3.05 bits per heavy atom. The third-order valence-corrected chi connectivity index (χ3v) is 3.07. The maximum atomic E-state index is 9.14. The van der Waals surface area contributed by atoms with Gasteiger partial charge in [0, 0.05) is 12.1 Å². The number of nitriles is 1. The third kappa shape index (κ3) is 2.20. The largest absolute Gasteiger partial charge is 0.491 e. The lowest BCUT2D eigenvalue weighted by molar-refractivity contribution is 0.331. The normalized spacial score (nSPS) is 13.9. The Morgan fingerprint density at radius 1 is 1.26 bits per heavy atom. The van der Waals surface area contributed by atoms with Gasteiger partial charge in [0.05, 0.1) is 18.3 Å². The van der Waals surface area contributed by atoms with E-state index in [0.29, 0.717) is 31.1 Å². The monoisotopic (exact) mass is 252 g/mol. The van der Waals surface area contributed by atoms with Crippen molar-refractivity contribution >= 4 is 5.82 Å². The van der Waals surface area contributed by atoms with Crippen LogP contribution >= 0.6 is 0 Å². The van der Waals surface area contributed by atoms with E-state index in [1.165, 1.54) is 6.20 Å². The van der Waals surface area contributed by atoms with Gasteiger partial charge >= 0.3 is 0 Å². The molecule has 1 aliphatic rings. The van der Waals surface area contributed by atoms with Crippen LogP contribution in [0.25, 0.3) is 0 Å². The maximum absolute atomic E-state index is 9.14. The fourth-order valence-corrected chi connectivity index (χ4v) is 2.15. The van der Waals surface area contributed by atoms with Gasteiger partial charge in [0.2, 0.25) is 0 Å². The van der Waals surface area contributed by atoms with Crippen molar-refractivity contribution in [3.8, 4) is 11.8 Å². The number of rotatable bonds is 1. The van der Waals surface area contributed by atoms with Crippen LogP contribution in [-0.2, 0) is 6.54 Å². The minimum absolute atomic E-state index is 0.536. The van der Waals surface area contributed by atoms with E-state index in [1.807, 2.05) is 29.2 Å². The molecule has 0 atom stereocenters. The molecular weight excluding hydrogens is 240 g/mol. The third-order valence-electron chi connectivity index (χ3n) is 3.07. The van der Waals surface area contributed by atoms with Gasteiger partial charge in [-0.05, 0) is 12.1 Å². The molecule has 1 aromatic heterocycles. The molecule has 0 unspecified atom stereocenters. The van der Waals surface area contributed by atoms with Gasteiger partial charge in [0.1, 0.15) is 18.4 Å². The number of benzene rings is 1. The lowest BCUT2D eigenvalue weighted by atomic mass is 10.2. The average molecular weight is 252 g/mol. The summed E-state index contributed by atoms with van der Waals surface area (Å²) in [6.07, 6.45) is 1.53. The summed E-state index contributed by atoms with van der Waals surface area (Å²) in [6.45, 7) is 1.92. The Bertz CT molecular complexity index is 635. The van der Waals surface area contributed by atoms with E-state index in [0.717, 1.165) is 11.3 Å². The zero-order valence-corrected chi connectivity index (χ0v) is 10.3. The van der Waals surface area contributed by atoms with Crippen LogP contribution in [0.1, 0.15) is 11.1 Å². The van der Waals surface area contributed by atoms with E-state index in [2.05, 4.69) is 16.3 Å². The molecule has 0 N–H and O–H groups in total. The highest BCUT2D eigenvalue weighted by Gasteiger charge is 2.18. The van der Waals surface area contributed by atoms with Crippen molar-refractivity contribution in [1.29, 1.82) is 5.26 Å². The first kappa shape index (κ1) is 11.5. The molecule has 5 nitrogen and oxygen atoms in total. The van der Waals surface area contributed by atoms with Gasteiger partial charge in [0.25, 0.3) is 0 Å². The van der Waals surface area contributed by atoms with E-state index < -0.39 is 0 Å². The number of para-hydroxylation sites is 1. The van der Waals surface area contributed by atoms with Crippen LogP contribution in [0.3, 0.4) is 0 Å². The van der Waals surface area contributed by atoms with Gasteiger partial charge in [0.15, 0.2) is 5.82 Å². The minimum Gasteiger partial charge on any atom is -0.491 e. The van der Waals surface area contributed by atoms with Crippen LogP contribution in [0.2, 0.25) is 0 Å². The van der Waals surface area contributed by atoms with Crippen LogP contribution in [-0.4, -0.2) is 23.3 Å². The number of hydrogen-bond donors (Lipinski definition) is 0. The molecule has 0 saturated carbocycles. The molecule has 5 heteroatoms. The number of anilines is 1. The highest BCUT2D eigenvalue weighted by atomic mass is 16.5. The van der Waals surface area contributed by atoms with Gasteiger partial charge in [-0.1, -0.05) is 18.2 Å². The van der Waals surface area contributed by atoms with Crippen molar-refractivity contribution in [3.05, 3.63) is 47.7 Å². The van der Waals surface area contributed by atoms with E-state index in [-0.39, 0.29) is 0 Å². The number of ether oxygens (including phenoxy) is 1. The van der Waals surface area contributed by atoms with Crippen LogP contribution in [0, 0.1) is 11.3 Å². The SMILES string of the molecule is N#Cc1ccnnc1N1CCOc2ccccc2C1. The average Bonchev–Trinajstić information content (AvgIpc) is 2.69. The molecule has 3 rings (SSSR count). The van der Waals surface area contributed by atoms with Gasteiger partial charge in [-0.15, -0.1) is 5.10 Å². The molecule has 94 valence electrons. The highest BCUT2D eigenvalue weighted by molar-refractivity contribution is 5.54. The zero-order valence-electron chi connectivity index (χ0n) is 10.3. The fourth-order valence-electron chi connectivity index (χ4n) is 2.15. The Morgan fingerprint density at radius 2 is 2.16 bits per heavy atom. The smallest absolute Gasteiger partial charge is 0.169 e. The first-order chi connectivity index (χ1) is 9.38. The first-order valence-electron chi connectivity index (χ1n) is 6.06. The first-order valence-corrected chi connectivity index (χ1v) is 6.06. The van der Waals surface area contributed by atoms with Crippen molar-refractivity contribution in [2.75, 3.05) is 18.1 Å². The minimum atomic E-state index is 0.536. The number of nitrogens with zero attached hydrogens (tertiary/aromatic N) is 4. The summed E-state index contributed by atoms with van der Waals surface area (Å²) >= 11 is 0. The van der Waals surface area contributed by atoms with Gasteiger partial charge in [-0.3, -0.25) is 0 Å². The van der Waals surface area contributed by atoms with Crippen molar-refractivity contribution < 1.29 is 4.74 Å². The van der Waals surface area contributed by atoms with Crippen LogP contribution in [0.4, 0.5) is 5.82 Å². The Hall–Kier alpha value is -2.61. The summed E-state index contributed by atoms with van der Waals surface area (Å²) < 4.78 is 5.70. The van der Waals surface area contributed by atoms with E-state index in [1.54, 1.807) is 6.07 Å². The lowest BCUT2D eigenvalue weighted by Gasteiger charge is -2.20. The molecule has 0 saturated heterocycles. The summed E-state index contributed by atoms with van der Waals surface area (Å²) in [7, 11) is 0. The zero-order chi connectivity index (χ0) is 13.1. The highest BCUT2D eigenvalue weighted by Crippen LogP contribution is 2.26. The van der Waals surface area contributed by atoms with Crippen molar-refractivity contribution in [2.24, 2.45) is 0 Å². The van der Waals surface area contributed by atoms with E-state index >= 15 is 0 Å². The Labute approximate surface area is 111 Å².